The van der Waals surface area contributed by atoms with Gasteiger partial charge in [-0.15, -0.1) is 0 Å². The van der Waals surface area contributed by atoms with E-state index in [2.05, 4.69) is 28.9 Å². The van der Waals surface area contributed by atoms with Gasteiger partial charge >= 0.3 is 0 Å². The Hall–Kier alpha value is -1.42. The lowest BCUT2D eigenvalue weighted by Gasteiger charge is -2.34. The largest absolute Gasteiger partial charge is 0.378 e. The zero-order valence-electron chi connectivity index (χ0n) is 12.1. The van der Waals surface area contributed by atoms with E-state index in [0.29, 0.717) is 0 Å². The average molecular weight is 303 g/mol. The van der Waals surface area contributed by atoms with Crippen molar-refractivity contribution >= 4 is 11.6 Å². The molecule has 1 saturated heterocycles. The molecule has 3 rings (SSSR count). The van der Waals surface area contributed by atoms with E-state index in [1.807, 2.05) is 30.6 Å². The summed E-state index contributed by atoms with van der Waals surface area (Å²) >= 11 is 6.08. The number of aromatic nitrogens is 1. The van der Waals surface area contributed by atoms with E-state index in [-0.39, 0.29) is 6.04 Å². The second kappa shape index (κ2) is 6.56. The molecule has 1 aromatic heterocycles. The minimum absolute atomic E-state index is 0.287. The monoisotopic (exact) mass is 302 g/mol. The lowest BCUT2D eigenvalue weighted by Crippen LogP contribution is -2.39. The summed E-state index contributed by atoms with van der Waals surface area (Å²) in [6.07, 6.45) is 3.82. The van der Waals surface area contributed by atoms with Crippen LogP contribution in [0.2, 0.25) is 5.02 Å². The van der Waals surface area contributed by atoms with Crippen molar-refractivity contribution in [3.05, 3.63) is 53.3 Å². The van der Waals surface area contributed by atoms with E-state index in [9.17, 15) is 0 Å². The SMILES string of the molecule is CCN1CCOCC1c1cncc(-c2cccc(Cl)c2)c1. The molecule has 0 aliphatic carbocycles. The predicted molar refractivity (Wildman–Crippen MR) is 85.5 cm³/mol. The molecule has 0 amide bonds. The van der Waals surface area contributed by atoms with Crippen molar-refractivity contribution in [1.82, 2.24) is 9.88 Å². The molecule has 0 spiro atoms. The van der Waals surface area contributed by atoms with Crippen LogP contribution in [0.5, 0.6) is 0 Å². The average Bonchev–Trinajstić information content (AvgIpc) is 2.55. The van der Waals surface area contributed by atoms with Crippen LogP contribution in [0.4, 0.5) is 0 Å². The highest BCUT2D eigenvalue weighted by Crippen LogP contribution is 2.28. The predicted octanol–water partition coefficient (Wildman–Crippen LogP) is 3.80. The first-order valence-corrected chi connectivity index (χ1v) is 7.68. The van der Waals surface area contributed by atoms with Gasteiger partial charge < -0.3 is 4.74 Å². The number of morpholine rings is 1. The van der Waals surface area contributed by atoms with Crippen molar-refractivity contribution in [2.45, 2.75) is 13.0 Å². The summed E-state index contributed by atoms with van der Waals surface area (Å²) in [6.45, 7) is 5.73. The van der Waals surface area contributed by atoms with Crippen LogP contribution in [0.15, 0.2) is 42.7 Å². The molecule has 0 N–H and O–H groups in total. The highest BCUT2D eigenvalue weighted by atomic mass is 35.5. The molecule has 1 unspecified atom stereocenters. The molecule has 2 heterocycles. The summed E-state index contributed by atoms with van der Waals surface area (Å²) in [5, 5.41) is 0.745. The number of nitrogens with zero attached hydrogens (tertiary/aromatic N) is 2. The van der Waals surface area contributed by atoms with Gasteiger partial charge in [0.05, 0.1) is 19.3 Å². The van der Waals surface area contributed by atoms with Crippen molar-refractivity contribution in [3.63, 3.8) is 0 Å². The van der Waals surface area contributed by atoms with Crippen molar-refractivity contribution in [3.8, 4) is 11.1 Å². The van der Waals surface area contributed by atoms with Gasteiger partial charge in [0, 0.05) is 29.5 Å². The lowest BCUT2D eigenvalue weighted by molar-refractivity contribution is -0.00584. The fourth-order valence-electron chi connectivity index (χ4n) is 2.79. The molecule has 1 atom stereocenters. The first-order valence-electron chi connectivity index (χ1n) is 7.30. The third-order valence-electron chi connectivity index (χ3n) is 3.95. The fourth-order valence-corrected chi connectivity index (χ4v) is 2.98. The first-order chi connectivity index (χ1) is 10.3. The number of pyridine rings is 1. The van der Waals surface area contributed by atoms with E-state index in [0.717, 1.165) is 42.5 Å². The van der Waals surface area contributed by atoms with E-state index >= 15 is 0 Å². The summed E-state index contributed by atoms with van der Waals surface area (Å²) in [5.74, 6) is 0. The van der Waals surface area contributed by atoms with Gasteiger partial charge in [-0.1, -0.05) is 30.7 Å². The van der Waals surface area contributed by atoms with Crippen molar-refractivity contribution in [2.24, 2.45) is 0 Å². The molecule has 110 valence electrons. The minimum atomic E-state index is 0.287. The fraction of sp³-hybridized carbons (Fsp3) is 0.353. The molecule has 1 aliphatic rings. The smallest absolute Gasteiger partial charge is 0.0664 e. The molecule has 1 aliphatic heterocycles. The van der Waals surface area contributed by atoms with Crippen molar-refractivity contribution in [2.75, 3.05) is 26.3 Å². The third-order valence-corrected chi connectivity index (χ3v) is 4.18. The Bertz CT molecular complexity index is 617. The Morgan fingerprint density at radius 3 is 3.00 bits per heavy atom. The van der Waals surface area contributed by atoms with Crippen LogP contribution < -0.4 is 0 Å². The molecule has 3 nitrogen and oxygen atoms in total. The van der Waals surface area contributed by atoms with Gasteiger partial charge in [-0.2, -0.15) is 0 Å². The zero-order chi connectivity index (χ0) is 14.7. The highest BCUT2D eigenvalue weighted by molar-refractivity contribution is 6.30. The maximum absolute atomic E-state index is 6.08. The van der Waals surface area contributed by atoms with Gasteiger partial charge in [0.25, 0.3) is 0 Å². The number of benzene rings is 1. The van der Waals surface area contributed by atoms with Crippen LogP contribution in [-0.4, -0.2) is 36.2 Å². The summed E-state index contributed by atoms with van der Waals surface area (Å²) in [4.78, 5) is 6.84. The Labute approximate surface area is 130 Å². The maximum Gasteiger partial charge on any atom is 0.0664 e. The van der Waals surface area contributed by atoms with E-state index in [1.54, 1.807) is 0 Å². The standard InChI is InChI=1S/C17H19ClN2O/c1-2-20-6-7-21-12-17(20)15-8-14(10-19-11-15)13-4-3-5-16(18)9-13/h3-5,8-11,17H,2,6-7,12H2,1H3. The Kier molecular flexibility index (Phi) is 4.54. The molecular formula is C17H19ClN2O. The van der Waals surface area contributed by atoms with Crippen molar-refractivity contribution < 1.29 is 4.74 Å². The first kappa shape index (κ1) is 14.5. The zero-order valence-corrected chi connectivity index (χ0v) is 12.9. The topological polar surface area (TPSA) is 25.4 Å². The Morgan fingerprint density at radius 1 is 1.29 bits per heavy atom. The Balaban J connectivity index is 1.92. The number of rotatable bonds is 3. The number of halogens is 1. The number of hydrogen-bond donors (Lipinski definition) is 0. The van der Waals surface area contributed by atoms with Gasteiger partial charge in [0.15, 0.2) is 0 Å². The van der Waals surface area contributed by atoms with Crippen molar-refractivity contribution in [1.29, 1.82) is 0 Å². The maximum atomic E-state index is 6.08. The van der Waals surface area contributed by atoms with Gasteiger partial charge in [-0.25, -0.2) is 0 Å². The second-order valence-corrected chi connectivity index (χ2v) is 5.67. The van der Waals surface area contributed by atoms with Crippen LogP contribution in [-0.2, 0) is 4.74 Å². The molecule has 1 aromatic carbocycles. The van der Waals surface area contributed by atoms with Gasteiger partial charge in [-0.3, -0.25) is 9.88 Å². The van der Waals surface area contributed by atoms with Gasteiger partial charge in [0.2, 0.25) is 0 Å². The molecule has 0 saturated carbocycles. The van der Waals surface area contributed by atoms with Gasteiger partial charge in [0.1, 0.15) is 0 Å². The number of hydrogen-bond acceptors (Lipinski definition) is 3. The normalized spacial score (nSPS) is 19.6. The molecular weight excluding hydrogens is 284 g/mol. The number of likely N-dealkylation sites (N-methyl/N-ethyl adjacent to an activating group) is 1. The molecule has 0 bridgehead atoms. The molecule has 1 fully saturated rings. The third kappa shape index (κ3) is 3.26. The van der Waals surface area contributed by atoms with Crippen LogP contribution in [0.25, 0.3) is 11.1 Å². The molecule has 4 heteroatoms. The summed E-state index contributed by atoms with van der Waals surface area (Å²) in [7, 11) is 0. The highest BCUT2D eigenvalue weighted by Gasteiger charge is 2.23. The van der Waals surface area contributed by atoms with Crippen LogP contribution in [0.3, 0.4) is 0 Å². The minimum Gasteiger partial charge on any atom is -0.378 e. The van der Waals surface area contributed by atoms with E-state index < -0.39 is 0 Å². The van der Waals surface area contributed by atoms with Crippen LogP contribution >= 0.6 is 11.6 Å². The lowest BCUT2D eigenvalue weighted by atomic mass is 10.0. The van der Waals surface area contributed by atoms with Crippen LogP contribution in [0.1, 0.15) is 18.5 Å². The van der Waals surface area contributed by atoms with E-state index in [4.69, 9.17) is 16.3 Å². The molecule has 21 heavy (non-hydrogen) atoms. The second-order valence-electron chi connectivity index (χ2n) is 5.24. The quantitative estimate of drug-likeness (QED) is 0.862. The summed E-state index contributed by atoms with van der Waals surface area (Å²) in [5.41, 5.74) is 3.39. The summed E-state index contributed by atoms with van der Waals surface area (Å²) < 4.78 is 5.64. The molecule has 2 aromatic rings. The molecule has 0 radical (unpaired) electrons. The van der Waals surface area contributed by atoms with Crippen LogP contribution in [0, 0.1) is 0 Å². The van der Waals surface area contributed by atoms with E-state index in [1.165, 1.54) is 5.56 Å². The van der Waals surface area contributed by atoms with Gasteiger partial charge in [-0.05, 0) is 35.9 Å². The summed E-state index contributed by atoms with van der Waals surface area (Å²) in [6, 6.07) is 10.4. The Morgan fingerprint density at radius 2 is 2.19 bits per heavy atom. The number of ether oxygens (including phenoxy) is 1.